The van der Waals surface area contributed by atoms with E-state index in [-0.39, 0.29) is 23.5 Å². The Morgan fingerprint density at radius 1 is 1.08 bits per heavy atom. The second-order valence-electron chi connectivity index (χ2n) is 9.08. The van der Waals surface area contributed by atoms with Gasteiger partial charge in [0.25, 0.3) is 5.56 Å². The molecule has 4 aromatic rings. The molecule has 0 aliphatic rings. The minimum Gasteiger partial charge on any atom is -0.330 e. The summed E-state index contributed by atoms with van der Waals surface area (Å²) >= 11 is 6.17. The van der Waals surface area contributed by atoms with Gasteiger partial charge in [-0.2, -0.15) is 9.40 Å². The molecule has 0 atom stereocenters. The zero-order chi connectivity index (χ0) is 27.4. The minimum atomic E-state index is -3.80. The Labute approximate surface area is 227 Å². The van der Waals surface area contributed by atoms with E-state index in [1.165, 1.54) is 8.98 Å². The number of sulfonamides is 1. The molecule has 2 heterocycles. The maximum absolute atomic E-state index is 13.6. The van der Waals surface area contributed by atoms with E-state index in [0.29, 0.717) is 58.9 Å². The van der Waals surface area contributed by atoms with E-state index in [1.54, 1.807) is 43.8 Å². The van der Waals surface area contributed by atoms with Crippen molar-refractivity contribution in [2.75, 3.05) is 25.1 Å². The van der Waals surface area contributed by atoms with E-state index in [4.69, 9.17) is 22.3 Å². The van der Waals surface area contributed by atoms with Crippen molar-refractivity contribution in [3.05, 3.63) is 81.1 Å². The van der Waals surface area contributed by atoms with Crippen LogP contribution in [0.15, 0.2) is 58.2 Å². The maximum Gasteiger partial charge on any atom is 0.280 e. The second kappa shape index (κ2) is 11.6. The highest BCUT2D eigenvalue weighted by atomic mass is 35.5. The summed E-state index contributed by atoms with van der Waals surface area (Å²) in [4.78, 5) is 18.4. The van der Waals surface area contributed by atoms with E-state index in [2.05, 4.69) is 10.5 Å². The molecule has 0 radical (unpaired) electrons. The van der Waals surface area contributed by atoms with Gasteiger partial charge in [0.1, 0.15) is 10.7 Å². The molecule has 0 aliphatic heterocycles. The first-order valence-corrected chi connectivity index (χ1v) is 14.2. The molecular weight excluding hydrogens is 526 g/mol. The lowest BCUT2D eigenvalue weighted by molar-refractivity contribution is 0.397. The first-order chi connectivity index (χ1) is 18.1. The molecule has 12 heteroatoms. The van der Waals surface area contributed by atoms with Crippen LogP contribution in [0.1, 0.15) is 30.1 Å². The molecule has 2 aromatic carbocycles. The van der Waals surface area contributed by atoms with Crippen molar-refractivity contribution in [3.8, 4) is 0 Å². The molecular formula is C26H32ClN7O3S. The Morgan fingerprint density at radius 3 is 2.45 bits per heavy atom. The fourth-order valence-corrected chi connectivity index (χ4v) is 6.50. The van der Waals surface area contributed by atoms with Crippen molar-refractivity contribution in [3.63, 3.8) is 0 Å². The van der Waals surface area contributed by atoms with Gasteiger partial charge in [0.05, 0.1) is 28.0 Å². The van der Waals surface area contributed by atoms with Crippen LogP contribution in [-0.2, 0) is 23.5 Å². The molecule has 10 nitrogen and oxygen atoms in total. The summed E-state index contributed by atoms with van der Waals surface area (Å²) < 4.78 is 31.7. The van der Waals surface area contributed by atoms with Crippen LogP contribution in [-0.4, -0.2) is 51.8 Å². The normalized spacial score (nSPS) is 11.9. The Bertz CT molecular complexity index is 1600. The molecule has 0 saturated carbocycles. The van der Waals surface area contributed by atoms with Gasteiger partial charge in [-0.15, -0.1) is 0 Å². The first kappa shape index (κ1) is 27.8. The number of halogens is 1. The lowest BCUT2D eigenvalue weighted by atomic mass is 10.2. The SMILES string of the molecule is Cc1nn(C)c(C)c1S(=O)(=O)N(CCCN)CCCc1nc2cc(Cl)ccc2c(=O)n1Nc1ccccc1. The first-order valence-electron chi connectivity index (χ1n) is 12.4. The van der Waals surface area contributed by atoms with Gasteiger partial charge in [-0.1, -0.05) is 29.8 Å². The Balaban J connectivity index is 1.65. The third-order valence-corrected chi connectivity index (χ3v) is 8.76. The van der Waals surface area contributed by atoms with E-state index in [9.17, 15) is 13.2 Å². The number of hydrogen-bond acceptors (Lipinski definition) is 7. The molecule has 0 fully saturated rings. The number of nitrogens with two attached hydrogens (primary N) is 1. The molecule has 38 heavy (non-hydrogen) atoms. The summed E-state index contributed by atoms with van der Waals surface area (Å²) in [6, 6.07) is 14.3. The summed E-state index contributed by atoms with van der Waals surface area (Å²) in [6.45, 7) is 4.31. The van der Waals surface area contributed by atoms with E-state index in [0.717, 1.165) is 5.69 Å². The van der Waals surface area contributed by atoms with Crippen LogP contribution in [0.5, 0.6) is 0 Å². The molecule has 0 spiro atoms. The van der Waals surface area contributed by atoms with Crippen LogP contribution in [0.2, 0.25) is 5.02 Å². The number of nitrogens with one attached hydrogen (secondary N) is 1. The van der Waals surface area contributed by atoms with Crippen molar-refractivity contribution in [2.24, 2.45) is 12.8 Å². The zero-order valence-corrected chi connectivity index (χ0v) is 23.3. The summed E-state index contributed by atoms with van der Waals surface area (Å²) in [6.07, 6.45) is 1.29. The highest BCUT2D eigenvalue weighted by Crippen LogP contribution is 2.24. The van der Waals surface area contributed by atoms with Gasteiger partial charge < -0.3 is 5.73 Å². The molecule has 3 N–H and O–H groups in total. The van der Waals surface area contributed by atoms with Gasteiger partial charge in [-0.25, -0.2) is 18.1 Å². The van der Waals surface area contributed by atoms with Crippen LogP contribution >= 0.6 is 11.6 Å². The number of fused-ring (bicyclic) bond motifs is 1. The van der Waals surface area contributed by atoms with E-state index in [1.807, 2.05) is 30.3 Å². The monoisotopic (exact) mass is 557 g/mol. The predicted molar refractivity (Wildman–Crippen MR) is 150 cm³/mol. The van der Waals surface area contributed by atoms with Crippen LogP contribution in [0, 0.1) is 13.8 Å². The summed E-state index contributed by atoms with van der Waals surface area (Å²) in [5.41, 5.74) is 10.8. The van der Waals surface area contributed by atoms with Gasteiger partial charge in [-0.3, -0.25) is 14.9 Å². The zero-order valence-electron chi connectivity index (χ0n) is 21.7. The molecule has 0 saturated heterocycles. The third-order valence-electron chi connectivity index (χ3n) is 6.38. The number of anilines is 1. The fourth-order valence-electron chi connectivity index (χ4n) is 4.42. The van der Waals surface area contributed by atoms with Gasteiger partial charge >= 0.3 is 0 Å². The van der Waals surface area contributed by atoms with Crippen LogP contribution < -0.4 is 16.7 Å². The summed E-state index contributed by atoms with van der Waals surface area (Å²) in [5, 5.41) is 5.19. The Hall–Kier alpha value is -3.25. The number of para-hydroxylation sites is 1. The molecule has 202 valence electrons. The number of benzene rings is 2. The summed E-state index contributed by atoms with van der Waals surface area (Å²) in [7, 11) is -2.08. The highest BCUT2D eigenvalue weighted by Gasteiger charge is 2.30. The van der Waals surface area contributed by atoms with Crippen LogP contribution in [0.4, 0.5) is 5.69 Å². The maximum atomic E-state index is 13.6. The Morgan fingerprint density at radius 2 is 1.79 bits per heavy atom. The molecule has 0 unspecified atom stereocenters. The molecule has 0 aliphatic carbocycles. The van der Waals surface area contributed by atoms with Crippen molar-refractivity contribution in [1.29, 1.82) is 0 Å². The molecule has 4 rings (SSSR count). The fraction of sp³-hybridized carbons (Fsp3) is 0.346. The third kappa shape index (κ3) is 5.75. The van der Waals surface area contributed by atoms with Crippen molar-refractivity contribution in [1.82, 2.24) is 23.7 Å². The number of nitrogens with zero attached hydrogens (tertiary/aromatic N) is 5. The van der Waals surface area contributed by atoms with Crippen molar-refractivity contribution >= 4 is 38.2 Å². The quantitative estimate of drug-likeness (QED) is 0.290. The number of aryl methyl sites for hydroxylation is 3. The van der Waals surface area contributed by atoms with Gasteiger partial charge in [0, 0.05) is 31.6 Å². The second-order valence-corrected chi connectivity index (χ2v) is 11.4. The number of rotatable bonds is 11. The number of hydrogen-bond donors (Lipinski definition) is 2. The van der Waals surface area contributed by atoms with E-state index >= 15 is 0 Å². The average molecular weight is 558 g/mol. The van der Waals surface area contributed by atoms with Gasteiger partial charge in [-0.05, 0) is 63.6 Å². The lowest BCUT2D eigenvalue weighted by Gasteiger charge is -2.23. The largest absolute Gasteiger partial charge is 0.330 e. The smallest absolute Gasteiger partial charge is 0.280 e. The summed E-state index contributed by atoms with van der Waals surface area (Å²) in [5.74, 6) is 0.471. The lowest BCUT2D eigenvalue weighted by Crippen LogP contribution is -2.35. The van der Waals surface area contributed by atoms with Gasteiger partial charge in [0.2, 0.25) is 10.0 Å². The topological polar surface area (TPSA) is 128 Å². The molecule has 0 bridgehead atoms. The molecule has 0 amide bonds. The Kier molecular flexibility index (Phi) is 8.51. The highest BCUT2D eigenvalue weighted by molar-refractivity contribution is 7.89. The van der Waals surface area contributed by atoms with Crippen LogP contribution in [0.3, 0.4) is 0 Å². The van der Waals surface area contributed by atoms with Gasteiger partial charge in [0.15, 0.2) is 0 Å². The number of aromatic nitrogens is 4. The van der Waals surface area contributed by atoms with E-state index < -0.39 is 10.0 Å². The minimum absolute atomic E-state index is 0.221. The standard InChI is InChI=1S/C26H32ClN7O3S/c1-18-25(19(2)32(3)30-18)38(36,37)33(16-8-14-28)15-7-11-24-29-23-17-20(27)12-13-22(23)26(35)34(24)31-21-9-5-4-6-10-21/h4-6,9-10,12-13,17,31H,7-8,11,14-16,28H2,1-3H3. The predicted octanol–water partition coefficient (Wildman–Crippen LogP) is 3.25. The average Bonchev–Trinajstić information content (AvgIpc) is 3.15. The van der Waals surface area contributed by atoms with Crippen molar-refractivity contribution < 1.29 is 8.42 Å². The van der Waals surface area contributed by atoms with Crippen molar-refractivity contribution in [2.45, 2.75) is 38.0 Å². The molecule has 2 aromatic heterocycles. The van der Waals surface area contributed by atoms with Crippen LogP contribution in [0.25, 0.3) is 10.9 Å².